The third-order valence-electron chi connectivity index (χ3n) is 4.69. The number of hydrogen-bond acceptors (Lipinski definition) is 7. The van der Waals surface area contributed by atoms with Crippen LogP contribution in [0.3, 0.4) is 0 Å². The largest absolute Gasteiger partial charge is 0.508 e. The fraction of sp³-hybridized carbons (Fsp3) is 0.227. The highest BCUT2D eigenvalue weighted by Gasteiger charge is 2.39. The van der Waals surface area contributed by atoms with Crippen molar-refractivity contribution in [2.24, 2.45) is 5.92 Å². The number of fused-ring (bicyclic) bond motifs is 1. The number of aromatic hydroxyl groups is 2. The van der Waals surface area contributed by atoms with E-state index in [9.17, 15) is 24.6 Å². The third kappa shape index (κ3) is 3.85. The van der Waals surface area contributed by atoms with E-state index in [1.54, 1.807) is 25.1 Å². The van der Waals surface area contributed by atoms with Gasteiger partial charge < -0.3 is 19.4 Å². The molecule has 0 amide bonds. The first-order valence-corrected chi connectivity index (χ1v) is 9.05. The minimum atomic E-state index is -1.38. The van der Waals surface area contributed by atoms with Gasteiger partial charge in [-0.15, -0.1) is 0 Å². The molecule has 2 atom stereocenters. The number of rotatable bonds is 6. The van der Waals surface area contributed by atoms with Crippen LogP contribution < -0.4 is 5.63 Å². The van der Waals surface area contributed by atoms with E-state index in [0.717, 1.165) is 0 Å². The van der Waals surface area contributed by atoms with Crippen LogP contribution in [0.2, 0.25) is 0 Å². The zero-order valence-electron chi connectivity index (χ0n) is 15.9. The maximum absolute atomic E-state index is 12.8. The number of Topliss-reactive ketones (excluding diaryl/α,β-unsaturated/α-hetero) is 1. The molecule has 3 aromatic rings. The Morgan fingerprint density at radius 1 is 1.07 bits per heavy atom. The highest BCUT2D eigenvalue weighted by Crippen LogP contribution is 2.39. The molecule has 150 valence electrons. The Balaban J connectivity index is 2.32. The molecule has 0 spiro atoms. The van der Waals surface area contributed by atoms with Gasteiger partial charge in [-0.2, -0.15) is 0 Å². The van der Waals surface area contributed by atoms with Crippen molar-refractivity contribution >= 4 is 22.7 Å². The van der Waals surface area contributed by atoms with Gasteiger partial charge >= 0.3 is 11.6 Å². The van der Waals surface area contributed by atoms with Gasteiger partial charge in [0.2, 0.25) is 0 Å². The highest BCUT2D eigenvalue weighted by atomic mass is 16.5. The van der Waals surface area contributed by atoms with Gasteiger partial charge in [0.25, 0.3) is 0 Å². The van der Waals surface area contributed by atoms with Crippen LogP contribution in [0.25, 0.3) is 11.0 Å². The second-order valence-corrected chi connectivity index (χ2v) is 6.56. The average Bonchev–Trinajstić information content (AvgIpc) is 2.68. The Morgan fingerprint density at radius 3 is 2.34 bits per heavy atom. The molecule has 2 unspecified atom stereocenters. The van der Waals surface area contributed by atoms with E-state index < -0.39 is 29.2 Å². The van der Waals surface area contributed by atoms with Crippen molar-refractivity contribution in [3.05, 3.63) is 70.1 Å². The molecule has 29 heavy (non-hydrogen) atoms. The lowest BCUT2D eigenvalue weighted by Gasteiger charge is -2.24. The van der Waals surface area contributed by atoms with Crippen LogP contribution in [0.4, 0.5) is 0 Å². The number of ether oxygens (including phenoxy) is 1. The molecule has 0 bridgehead atoms. The summed E-state index contributed by atoms with van der Waals surface area (Å²) in [7, 11) is 0. The molecule has 1 heterocycles. The van der Waals surface area contributed by atoms with Crippen molar-refractivity contribution < 1.29 is 29.0 Å². The summed E-state index contributed by atoms with van der Waals surface area (Å²) in [6, 6.07) is 12.1. The molecule has 0 saturated carbocycles. The van der Waals surface area contributed by atoms with Gasteiger partial charge in [0.15, 0.2) is 0 Å². The maximum atomic E-state index is 12.8. The first-order valence-electron chi connectivity index (χ1n) is 9.05. The number of phenols is 1. The van der Waals surface area contributed by atoms with Gasteiger partial charge in [-0.3, -0.25) is 9.59 Å². The molecule has 2 N–H and O–H groups in total. The zero-order chi connectivity index (χ0) is 21.1. The summed E-state index contributed by atoms with van der Waals surface area (Å²) < 4.78 is 10.4. The van der Waals surface area contributed by atoms with Crippen molar-refractivity contribution in [3.8, 4) is 11.5 Å². The van der Waals surface area contributed by atoms with E-state index in [1.807, 2.05) is 0 Å². The molecular weight excluding hydrogens is 376 g/mol. The van der Waals surface area contributed by atoms with E-state index in [4.69, 9.17) is 9.15 Å². The Labute approximate surface area is 166 Å². The zero-order valence-corrected chi connectivity index (χ0v) is 15.9. The van der Waals surface area contributed by atoms with E-state index in [1.165, 1.54) is 37.3 Å². The molecule has 0 aliphatic heterocycles. The lowest BCUT2D eigenvalue weighted by Crippen LogP contribution is -2.33. The SMILES string of the molecule is CCOC(=O)C(C(C)=O)C(c1ccc(O)cc1)c1c(O)c2ccccc2oc1=O. The van der Waals surface area contributed by atoms with Crippen molar-refractivity contribution in [2.75, 3.05) is 6.61 Å². The predicted octanol–water partition coefficient (Wildman–Crippen LogP) is 3.10. The fourth-order valence-electron chi connectivity index (χ4n) is 3.40. The number of benzene rings is 2. The minimum absolute atomic E-state index is 0.0298. The van der Waals surface area contributed by atoms with Gasteiger partial charge in [-0.1, -0.05) is 24.3 Å². The van der Waals surface area contributed by atoms with Gasteiger partial charge in [0.05, 0.1) is 17.6 Å². The third-order valence-corrected chi connectivity index (χ3v) is 4.69. The number of ketones is 1. The van der Waals surface area contributed by atoms with Crippen molar-refractivity contribution in [3.63, 3.8) is 0 Å². The Kier molecular flexibility index (Phi) is 5.68. The molecular formula is C22H20O7. The number of hydrogen-bond donors (Lipinski definition) is 2. The minimum Gasteiger partial charge on any atom is -0.508 e. The smallest absolute Gasteiger partial charge is 0.343 e. The van der Waals surface area contributed by atoms with Crippen LogP contribution in [0.15, 0.2) is 57.7 Å². The molecule has 2 aromatic carbocycles. The van der Waals surface area contributed by atoms with Crippen LogP contribution >= 0.6 is 0 Å². The summed E-state index contributed by atoms with van der Waals surface area (Å²) >= 11 is 0. The van der Waals surface area contributed by atoms with Gasteiger partial charge in [0, 0.05) is 5.92 Å². The number of esters is 1. The Morgan fingerprint density at radius 2 is 1.72 bits per heavy atom. The molecule has 0 aliphatic carbocycles. The summed E-state index contributed by atoms with van der Waals surface area (Å²) in [6.45, 7) is 2.87. The van der Waals surface area contributed by atoms with Gasteiger partial charge in [-0.25, -0.2) is 4.79 Å². The van der Waals surface area contributed by atoms with Crippen LogP contribution in [-0.2, 0) is 14.3 Å². The summed E-state index contributed by atoms with van der Waals surface area (Å²) in [4.78, 5) is 37.9. The maximum Gasteiger partial charge on any atom is 0.343 e. The van der Waals surface area contributed by atoms with Crippen molar-refractivity contribution in [1.82, 2.24) is 0 Å². The van der Waals surface area contributed by atoms with Crippen LogP contribution in [0, 0.1) is 5.92 Å². The summed E-state index contributed by atoms with van der Waals surface area (Å²) in [5.74, 6) is -4.29. The Hall–Kier alpha value is -3.61. The topological polar surface area (TPSA) is 114 Å². The normalized spacial score (nSPS) is 13.0. The van der Waals surface area contributed by atoms with Crippen LogP contribution in [-0.4, -0.2) is 28.6 Å². The molecule has 3 rings (SSSR count). The number of phenolic OH excluding ortho intramolecular Hbond substituents is 1. The number of carbonyl (C=O) groups is 2. The highest BCUT2D eigenvalue weighted by molar-refractivity contribution is 5.99. The van der Waals surface area contributed by atoms with E-state index in [2.05, 4.69) is 0 Å². The van der Waals surface area contributed by atoms with Crippen LogP contribution in [0.5, 0.6) is 11.5 Å². The van der Waals surface area contributed by atoms with Crippen molar-refractivity contribution in [2.45, 2.75) is 19.8 Å². The first kappa shape index (κ1) is 20.1. The van der Waals surface area contributed by atoms with Gasteiger partial charge in [-0.05, 0) is 43.7 Å². The standard InChI is InChI=1S/C22H20O7/c1-3-28-21(26)17(12(2)23)18(13-8-10-14(24)11-9-13)19-20(25)15-6-4-5-7-16(15)29-22(19)27/h4-11,17-18,24-25H,3H2,1-2H3. The molecule has 0 radical (unpaired) electrons. The molecule has 0 fully saturated rings. The first-order chi connectivity index (χ1) is 13.8. The predicted molar refractivity (Wildman–Crippen MR) is 105 cm³/mol. The quantitative estimate of drug-likeness (QED) is 0.374. The number of carbonyl (C=O) groups excluding carboxylic acids is 2. The van der Waals surface area contributed by atoms with E-state index in [-0.39, 0.29) is 34.6 Å². The second-order valence-electron chi connectivity index (χ2n) is 6.56. The summed E-state index contributed by atoms with van der Waals surface area (Å²) in [6.07, 6.45) is 0. The fourth-order valence-corrected chi connectivity index (χ4v) is 3.40. The lowest BCUT2D eigenvalue weighted by molar-refractivity contribution is -0.151. The average molecular weight is 396 g/mol. The molecule has 1 aromatic heterocycles. The lowest BCUT2D eigenvalue weighted by atomic mass is 9.78. The van der Waals surface area contributed by atoms with Crippen LogP contribution in [0.1, 0.15) is 30.9 Å². The molecule has 0 aliphatic rings. The second kappa shape index (κ2) is 8.18. The van der Waals surface area contributed by atoms with Crippen molar-refractivity contribution in [1.29, 1.82) is 0 Å². The molecule has 7 nitrogen and oxygen atoms in total. The van der Waals surface area contributed by atoms with E-state index in [0.29, 0.717) is 5.56 Å². The monoisotopic (exact) mass is 396 g/mol. The summed E-state index contributed by atoms with van der Waals surface area (Å²) in [5, 5.41) is 20.8. The summed E-state index contributed by atoms with van der Waals surface area (Å²) in [5.41, 5.74) is -0.537. The molecule has 7 heteroatoms. The Bertz CT molecular complexity index is 1110. The number of para-hydroxylation sites is 1. The molecule has 0 saturated heterocycles. The van der Waals surface area contributed by atoms with E-state index >= 15 is 0 Å². The van der Waals surface area contributed by atoms with Gasteiger partial charge in [0.1, 0.15) is 28.8 Å².